The molecule has 1 rings (SSSR count). The van der Waals surface area contributed by atoms with Crippen molar-refractivity contribution in [3.63, 3.8) is 0 Å². The summed E-state index contributed by atoms with van der Waals surface area (Å²) in [5.74, 6) is -0.225. The zero-order valence-corrected chi connectivity index (χ0v) is 6.25. The Morgan fingerprint density at radius 2 is 2.45 bits per heavy atom. The lowest BCUT2D eigenvalue weighted by Gasteiger charge is -2.15. The maximum atomic E-state index is 12.6. The predicted molar refractivity (Wildman–Crippen MR) is 36.3 cm³/mol. The monoisotopic (exact) mass is 156 g/mol. The summed E-state index contributed by atoms with van der Waals surface area (Å²) in [5, 5.41) is 8.49. The number of hydrogen-bond donors (Lipinski definition) is 0. The largest absolute Gasteiger partial charge is 0.324 e. The fraction of sp³-hybridized carbons (Fsp3) is 0.714. The Morgan fingerprint density at radius 3 is 2.82 bits per heavy atom. The highest BCUT2D eigenvalue weighted by molar-refractivity contribution is 5.74. The predicted octanol–water partition coefficient (Wildman–Crippen LogP) is 0.469. The highest BCUT2D eigenvalue weighted by Gasteiger charge is 2.33. The van der Waals surface area contributed by atoms with Gasteiger partial charge in [0.25, 0.3) is 0 Å². The fourth-order valence-electron chi connectivity index (χ4n) is 1.26. The van der Waals surface area contributed by atoms with Crippen LogP contribution in [0.4, 0.5) is 4.39 Å². The molecule has 3 nitrogen and oxygen atoms in total. The first-order chi connectivity index (χ1) is 5.15. The summed E-state index contributed by atoms with van der Waals surface area (Å²) in [6.07, 6.45) is -0.862. The Bertz CT molecular complexity index is 211. The average Bonchev–Trinajstić information content (AvgIpc) is 2.30. The third-order valence-corrected chi connectivity index (χ3v) is 1.80. The lowest BCUT2D eigenvalue weighted by atomic mass is 10.2. The molecule has 11 heavy (non-hydrogen) atoms. The molecule has 0 aromatic heterocycles. The Labute approximate surface area is 64.4 Å². The SMILES string of the molecule is CC(=O)N1CC(F)CC1C#N. The maximum absolute atomic E-state index is 12.6. The number of carbonyl (C=O) groups excluding carboxylic acids is 1. The quantitative estimate of drug-likeness (QED) is 0.511. The van der Waals surface area contributed by atoms with Crippen LogP contribution in [0.5, 0.6) is 0 Å². The lowest BCUT2D eigenvalue weighted by molar-refractivity contribution is -0.128. The van der Waals surface area contributed by atoms with Crippen LogP contribution >= 0.6 is 0 Å². The van der Waals surface area contributed by atoms with E-state index in [4.69, 9.17) is 5.26 Å². The summed E-state index contributed by atoms with van der Waals surface area (Å²) in [7, 11) is 0. The zero-order chi connectivity index (χ0) is 8.43. The number of nitriles is 1. The smallest absolute Gasteiger partial charge is 0.220 e. The Hall–Kier alpha value is -1.11. The van der Waals surface area contributed by atoms with Crippen LogP contribution < -0.4 is 0 Å². The summed E-state index contributed by atoms with van der Waals surface area (Å²) >= 11 is 0. The van der Waals surface area contributed by atoms with Crippen molar-refractivity contribution in [1.29, 1.82) is 5.26 Å². The van der Waals surface area contributed by atoms with Gasteiger partial charge in [-0.15, -0.1) is 0 Å². The van der Waals surface area contributed by atoms with E-state index in [2.05, 4.69) is 0 Å². The molecule has 1 amide bonds. The molecule has 1 heterocycles. The molecule has 0 saturated carbocycles. The van der Waals surface area contributed by atoms with Gasteiger partial charge in [0, 0.05) is 13.3 Å². The van der Waals surface area contributed by atoms with Crippen molar-refractivity contribution < 1.29 is 9.18 Å². The highest BCUT2D eigenvalue weighted by atomic mass is 19.1. The number of rotatable bonds is 0. The maximum Gasteiger partial charge on any atom is 0.220 e. The van der Waals surface area contributed by atoms with Crippen LogP contribution in [-0.2, 0) is 4.79 Å². The van der Waals surface area contributed by atoms with E-state index in [-0.39, 0.29) is 18.9 Å². The molecule has 4 heteroatoms. The van der Waals surface area contributed by atoms with E-state index in [1.54, 1.807) is 0 Å². The molecule has 0 aliphatic carbocycles. The third-order valence-electron chi connectivity index (χ3n) is 1.80. The summed E-state index contributed by atoms with van der Waals surface area (Å²) < 4.78 is 12.6. The topological polar surface area (TPSA) is 44.1 Å². The van der Waals surface area contributed by atoms with E-state index >= 15 is 0 Å². The van der Waals surface area contributed by atoms with Crippen molar-refractivity contribution in [3.8, 4) is 6.07 Å². The van der Waals surface area contributed by atoms with Crippen LogP contribution in [0.3, 0.4) is 0 Å². The van der Waals surface area contributed by atoms with Gasteiger partial charge in [-0.1, -0.05) is 0 Å². The molecule has 0 aromatic carbocycles. The van der Waals surface area contributed by atoms with Gasteiger partial charge >= 0.3 is 0 Å². The Balaban J connectivity index is 2.67. The zero-order valence-electron chi connectivity index (χ0n) is 6.25. The van der Waals surface area contributed by atoms with Gasteiger partial charge in [-0.25, -0.2) is 4.39 Å². The number of nitrogens with zero attached hydrogens (tertiary/aromatic N) is 2. The van der Waals surface area contributed by atoms with E-state index in [1.807, 2.05) is 6.07 Å². The van der Waals surface area contributed by atoms with Gasteiger partial charge in [0.15, 0.2) is 0 Å². The molecular formula is C7H9FN2O. The molecular weight excluding hydrogens is 147 g/mol. The molecule has 1 aliphatic rings. The molecule has 0 radical (unpaired) electrons. The first-order valence-corrected chi connectivity index (χ1v) is 3.46. The molecule has 0 aromatic rings. The van der Waals surface area contributed by atoms with Gasteiger partial charge in [0.05, 0.1) is 12.6 Å². The molecule has 2 unspecified atom stereocenters. The van der Waals surface area contributed by atoms with Gasteiger partial charge in [0.2, 0.25) is 5.91 Å². The van der Waals surface area contributed by atoms with E-state index < -0.39 is 12.2 Å². The number of carbonyl (C=O) groups is 1. The number of amides is 1. The molecule has 1 saturated heterocycles. The second kappa shape index (κ2) is 2.87. The Morgan fingerprint density at radius 1 is 1.82 bits per heavy atom. The van der Waals surface area contributed by atoms with Crippen molar-refractivity contribution in [1.82, 2.24) is 4.90 Å². The van der Waals surface area contributed by atoms with Crippen molar-refractivity contribution >= 4 is 5.91 Å². The summed E-state index contributed by atoms with van der Waals surface area (Å²) in [5.41, 5.74) is 0. The minimum Gasteiger partial charge on any atom is -0.324 e. The van der Waals surface area contributed by atoms with Crippen molar-refractivity contribution in [2.75, 3.05) is 6.54 Å². The molecule has 0 spiro atoms. The van der Waals surface area contributed by atoms with Crippen molar-refractivity contribution in [2.45, 2.75) is 25.6 Å². The standard InChI is InChI=1S/C7H9FN2O/c1-5(11)10-4-6(8)2-7(10)3-9/h6-7H,2,4H2,1H3. The second-order valence-corrected chi connectivity index (χ2v) is 2.65. The molecule has 60 valence electrons. The van der Waals surface area contributed by atoms with Crippen molar-refractivity contribution in [3.05, 3.63) is 0 Å². The van der Waals surface area contributed by atoms with Gasteiger partial charge in [-0.2, -0.15) is 5.26 Å². The first kappa shape index (κ1) is 7.99. The van der Waals surface area contributed by atoms with Gasteiger partial charge in [0.1, 0.15) is 12.2 Å². The van der Waals surface area contributed by atoms with Crippen LogP contribution in [-0.4, -0.2) is 29.6 Å². The minimum absolute atomic E-state index is 0.0769. The number of alkyl halides is 1. The number of hydrogen-bond acceptors (Lipinski definition) is 2. The molecule has 2 atom stereocenters. The van der Waals surface area contributed by atoms with Crippen LogP contribution in [0.25, 0.3) is 0 Å². The van der Waals surface area contributed by atoms with Crippen LogP contribution in [0.15, 0.2) is 0 Å². The van der Waals surface area contributed by atoms with E-state index in [9.17, 15) is 9.18 Å². The third kappa shape index (κ3) is 1.48. The first-order valence-electron chi connectivity index (χ1n) is 3.46. The van der Waals surface area contributed by atoms with Crippen molar-refractivity contribution in [2.24, 2.45) is 0 Å². The van der Waals surface area contributed by atoms with E-state index in [0.29, 0.717) is 0 Å². The van der Waals surface area contributed by atoms with Crippen LogP contribution in [0, 0.1) is 11.3 Å². The van der Waals surface area contributed by atoms with E-state index in [0.717, 1.165) is 0 Å². The lowest BCUT2D eigenvalue weighted by Crippen LogP contribution is -2.32. The average molecular weight is 156 g/mol. The Kier molecular flexibility index (Phi) is 2.08. The summed E-state index contributed by atoms with van der Waals surface area (Å²) in [4.78, 5) is 12.0. The van der Waals surface area contributed by atoms with Gasteiger partial charge < -0.3 is 4.90 Å². The number of halogens is 1. The normalized spacial score (nSPS) is 30.1. The molecule has 0 bridgehead atoms. The second-order valence-electron chi connectivity index (χ2n) is 2.65. The van der Waals surface area contributed by atoms with Gasteiger partial charge in [-0.3, -0.25) is 4.79 Å². The minimum atomic E-state index is -1.02. The highest BCUT2D eigenvalue weighted by Crippen LogP contribution is 2.19. The molecule has 1 fully saturated rings. The summed E-state index contributed by atoms with van der Waals surface area (Å²) in [6, 6.07) is 1.34. The van der Waals surface area contributed by atoms with Gasteiger partial charge in [-0.05, 0) is 0 Å². The fourth-order valence-corrected chi connectivity index (χ4v) is 1.26. The number of likely N-dealkylation sites (tertiary alicyclic amines) is 1. The summed E-state index contributed by atoms with van der Waals surface area (Å²) in [6.45, 7) is 1.43. The van der Waals surface area contributed by atoms with Crippen LogP contribution in [0.2, 0.25) is 0 Å². The van der Waals surface area contributed by atoms with Crippen LogP contribution in [0.1, 0.15) is 13.3 Å². The molecule has 1 aliphatic heterocycles. The molecule has 0 N–H and O–H groups in total. The van der Waals surface area contributed by atoms with E-state index in [1.165, 1.54) is 11.8 Å².